The molecule has 1 fully saturated rings. The van der Waals surface area contributed by atoms with Crippen molar-refractivity contribution in [3.05, 3.63) is 60.1 Å². The van der Waals surface area contributed by atoms with E-state index in [1.54, 1.807) is 6.26 Å². The van der Waals surface area contributed by atoms with E-state index in [0.717, 1.165) is 24.3 Å². The molecule has 0 saturated carbocycles. The average Bonchev–Trinajstić information content (AvgIpc) is 3.17. The zero-order valence-electron chi connectivity index (χ0n) is 12.1. The summed E-state index contributed by atoms with van der Waals surface area (Å²) < 4.78 is 5.51. The third kappa shape index (κ3) is 3.00. The molecule has 0 spiro atoms. The lowest BCUT2D eigenvalue weighted by atomic mass is 9.98. The van der Waals surface area contributed by atoms with Crippen molar-refractivity contribution < 1.29 is 9.21 Å². The maximum absolute atomic E-state index is 12.5. The van der Waals surface area contributed by atoms with Gasteiger partial charge in [-0.05, 0) is 37.6 Å². The zero-order valence-corrected chi connectivity index (χ0v) is 12.1. The Morgan fingerprint density at radius 3 is 2.71 bits per heavy atom. The summed E-state index contributed by atoms with van der Waals surface area (Å²) in [5.74, 6) is 0.858. The number of hydrogen-bond acceptors (Lipinski definition) is 3. The van der Waals surface area contributed by atoms with Gasteiger partial charge in [0.25, 0.3) is 0 Å². The number of benzene rings is 1. The number of carbonyl (C=O) groups excluding carboxylic acids is 1. The van der Waals surface area contributed by atoms with E-state index in [4.69, 9.17) is 4.42 Å². The normalized spacial score (nSPS) is 22.9. The lowest BCUT2D eigenvalue weighted by Gasteiger charge is -2.21. The quantitative estimate of drug-likeness (QED) is 0.907. The highest BCUT2D eigenvalue weighted by Gasteiger charge is 2.31. The third-order valence-corrected chi connectivity index (χ3v) is 4.11. The Kier molecular flexibility index (Phi) is 4.06. The molecule has 1 aromatic carbocycles. The molecule has 0 radical (unpaired) electrons. The van der Waals surface area contributed by atoms with E-state index < -0.39 is 0 Å². The van der Waals surface area contributed by atoms with Crippen molar-refractivity contribution >= 4 is 5.91 Å². The smallest absolute Gasteiger partial charge is 0.225 e. The van der Waals surface area contributed by atoms with Crippen LogP contribution in [0.2, 0.25) is 0 Å². The molecule has 1 amide bonds. The summed E-state index contributed by atoms with van der Waals surface area (Å²) in [7, 11) is 0. The molecule has 4 nitrogen and oxygen atoms in total. The zero-order chi connectivity index (χ0) is 14.7. The van der Waals surface area contributed by atoms with Crippen LogP contribution in [0.1, 0.15) is 30.7 Å². The van der Waals surface area contributed by atoms with Crippen LogP contribution in [0.3, 0.4) is 0 Å². The predicted molar refractivity (Wildman–Crippen MR) is 80.7 cm³/mol. The van der Waals surface area contributed by atoms with Crippen molar-refractivity contribution in [1.82, 2.24) is 10.6 Å². The molecule has 3 atom stereocenters. The fourth-order valence-electron chi connectivity index (χ4n) is 2.89. The molecule has 1 saturated heterocycles. The molecule has 1 aliphatic heterocycles. The molecule has 2 N–H and O–H groups in total. The number of furan rings is 1. The van der Waals surface area contributed by atoms with Crippen LogP contribution in [0.4, 0.5) is 0 Å². The Bertz CT molecular complexity index is 580. The summed E-state index contributed by atoms with van der Waals surface area (Å²) in [4.78, 5) is 12.5. The van der Waals surface area contributed by atoms with Crippen LogP contribution in [0.5, 0.6) is 0 Å². The van der Waals surface area contributed by atoms with Gasteiger partial charge in [0, 0.05) is 6.04 Å². The molecule has 21 heavy (non-hydrogen) atoms. The number of nitrogens with one attached hydrogen (secondary N) is 2. The van der Waals surface area contributed by atoms with E-state index in [9.17, 15) is 4.79 Å². The molecule has 110 valence electrons. The maximum atomic E-state index is 12.5. The fourth-order valence-corrected chi connectivity index (χ4v) is 2.89. The van der Waals surface area contributed by atoms with Gasteiger partial charge in [-0.1, -0.05) is 30.3 Å². The summed E-state index contributed by atoms with van der Waals surface area (Å²) in [6, 6.07) is 13.6. The van der Waals surface area contributed by atoms with Crippen molar-refractivity contribution in [2.75, 3.05) is 6.54 Å². The van der Waals surface area contributed by atoms with Crippen LogP contribution in [-0.4, -0.2) is 18.5 Å². The van der Waals surface area contributed by atoms with E-state index in [1.165, 1.54) is 0 Å². The van der Waals surface area contributed by atoms with E-state index in [2.05, 4.69) is 17.6 Å². The van der Waals surface area contributed by atoms with Gasteiger partial charge in [0.15, 0.2) is 0 Å². The molecule has 3 rings (SSSR count). The highest BCUT2D eigenvalue weighted by Crippen LogP contribution is 2.24. The molecule has 0 bridgehead atoms. The Morgan fingerprint density at radius 1 is 1.29 bits per heavy atom. The first-order valence-corrected chi connectivity index (χ1v) is 7.38. The minimum atomic E-state index is -0.235. The van der Waals surface area contributed by atoms with Crippen molar-refractivity contribution in [3.63, 3.8) is 0 Å². The third-order valence-electron chi connectivity index (χ3n) is 4.11. The topological polar surface area (TPSA) is 54.3 Å². The Hall–Kier alpha value is -2.07. The molecule has 1 aromatic heterocycles. The van der Waals surface area contributed by atoms with Gasteiger partial charge in [-0.3, -0.25) is 4.79 Å². The molecule has 1 aliphatic rings. The minimum Gasteiger partial charge on any atom is -0.467 e. The van der Waals surface area contributed by atoms with Crippen LogP contribution in [0, 0.1) is 5.92 Å². The van der Waals surface area contributed by atoms with Crippen LogP contribution in [0.25, 0.3) is 0 Å². The molecule has 0 aliphatic carbocycles. The maximum Gasteiger partial charge on any atom is 0.225 e. The molecule has 2 heterocycles. The lowest BCUT2D eigenvalue weighted by Crippen LogP contribution is -2.38. The molecule has 4 heteroatoms. The molecule has 2 aromatic rings. The standard InChI is InChI=1S/C17H20N2O2/c1-12-14(9-10-18-12)17(20)19-16(15-8-5-11-21-15)13-6-3-2-4-7-13/h2-8,11-12,14,16,18H,9-10H2,1H3,(H,19,20). The van der Waals surface area contributed by atoms with Crippen LogP contribution >= 0.6 is 0 Å². The first kappa shape index (κ1) is 13.9. The van der Waals surface area contributed by atoms with E-state index in [0.29, 0.717) is 0 Å². The van der Waals surface area contributed by atoms with Crippen molar-refractivity contribution in [2.24, 2.45) is 5.92 Å². The number of amides is 1. The molecular formula is C17H20N2O2. The second-order valence-corrected chi connectivity index (χ2v) is 5.51. The summed E-state index contributed by atoms with van der Waals surface area (Å²) in [5.41, 5.74) is 1.03. The van der Waals surface area contributed by atoms with Gasteiger partial charge < -0.3 is 15.1 Å². The summed E-state index contributed by atoms with van der Waals surface area (Å²) in [6.07, 6.45) is 2.52. The first-order chi connectivity index (χ1) is 10.3. The predicted octanol–water partition coefficient (Wildman–Crippen LogP) is 2.48. The number of carbonyl (C=O) groups is 1. The average molecular weight is 284 g/mol. The second-order valence-electron chi connectivity index (χ2n) is 5.51. The number of hydrogen-bond donors (Lipinski definition) is 2. The van der Waals surface area contributed by atoms with E-state index in [1.807, 2.05) is 42.5 Å². The van der Waals surface area contributed by atoms with Crippen molar-refractivity contribution in [2.45, 2.75) is 25.4 Å². The van der Waals surface area contributed by atoms with Gasteiger partial charge >= 0.3 is 0 Å². The van der Waals surface area contributed by atoms with Crippen molar-refractivity contribution in [3.8, 4) is 0 Å². The highest BCUT2D eigenvalue weighted by atomic mass is 16.3. The number of rotatable bonds is 4. The van der Waals surface area contributed by atoms with Crippen LogP contribution in [-0.2, 0) is 4.79 Å². The summed E-state index contributed by atoms with van der Waals surface area (Å²) >= 11 is 0. The van der Waals surface area contributed by atoms with Gasteiger partial charge in [-0.15, -0.1) is 0 Å². The van der Waals surface area contributed by atoms with Gasteiger partial charge in [0.05, 0.1) is 12.2 Å². The largest absolute Gasteiger partial charge is 0.467 e. The van der Waals surface area contributed by atoms with Crippen LogP contribution in [0.15, 0.2) is 53.1 Å². The Morgan fingerprint density at radius 2 is 2.10 bits per heavy atom. The minimum absolute atomic E-state index is 0.0196. The van der Waals surface area contributed by atoms with E-state index in [-0.39, 0.29) is 23.9 Å². The van der Waals surface area contributed by atoms with Gasteiger partial charge in [-0.25, -0.2) is 0 Å². The second kappa shape index (κ2) is 6.14. The lowest BCUT2D eigenvalue weighted by molar-refractivity contribution is -0.125. The molecular weight excluding hydrogens is 264 g/mol. The van der Waals surface area contributed by atoms with Crippen LogP contribution < -0.4 is 10.6 Å². The fraction of sp³-hybridized carbons (Fsp3) is 0.353. The van der Waals surface area contributed by atoms with E-state index >= 15 is 0 Å². The van der Waals surface area contributed by atoms with Gasteiger partial charge in [0.1, 0.15) is 11.8 Å². The first-order valence-electron chi connectivity index (χ1n) is 7.38. The summed E-state index contributed by atoms with van der Waals surface area (Å²) in [5, 5.41) is 6.45. The van der Waals surface area contributed by atoms with Gasteiger partial charge in [0.2, 0.25) is 5.91 Å². The monoisotopic (exact) mass is 284 g/mol. The Labute approximate surface area is 124 Å². The molecule has 3 unspecified atom stereocenters. The Balaban J connectivity index is 1.82. The highest BCUT2D eigenvalue weighted by molar-refractivity contribution is 5.80. The van der Waals surface area contributed by atoms with Crippen molar-refractivity contribution in [1.29, 1.82) is 0 Å². The SMILES string of the molecule is CC1NCCC1C(=O)NC(c1ccccc1)c1ccco1. The van der Waals surface area contributed by atoms with Gasteiger partial charge in [-0.2, -0.15) is 0 Å². The summed E-state index contributed by atoms with van der Waals surface area (Å²) in [6.45, 7) is 2.96.